The first-order valence-corrected chi connectivity index (χ1v) is 9.47. The zero-order chi connectivity index (χ0) is 21.4. The van der Waals surface area contributed by atoms with Gasteiger partial charge >= 0.3 is 13.8 Å². The van der Waals surface area contributed by atoms with Gasteiger partial charge in [-0.05, 0) is 0 Å². The lowest BCUT2D eigenvalue weighted by Crippen LogP contribution is -2.70. The number of phosphoric ester groups is 1. The van der Waals surface area contributed by atoms with Crippen LogP contribution < -0.4 is 0 Å². The van der Waals surface area contributed by atoms with E-state index in [0.717, 1.165) is 0 Å². The summed E-state index contributed by atoms with van der Waals surface area (Å²) in [6.07, 6.45) is -18.0. The molecule has 0 bridgehead atoms. The molecule has 2 aliphatic rings. The Kier molecular flexibility index (Phi) is 7.53. The Morgan fingerprint density at radius 1 is 0.857 bits per heavy atom. The molecule has 2 heterocycles. The fourth-order valence-electron chi connectivity index (χ4n) is 2.87. The smallest absolute Gasteiger partial charge is 0.394 e. The van der Waals surface area contributed by atoms with Gasteiger partial charge < -0.3 is 64.8 Å². The summed E-state index contributed by atoms with van der Waals surface area (Å²) in [6.45, 7) is -1.96. The molecule has 2 fully saturated rings. The molecule has 10 N–H and O–H groups in total. The van der Waals surface area contributed by atoms with Gasteiger partial charge in [0.2, 0.25) is 0 Å². The van der Waals surface area contributed by atoms with Crippen molar-refractivity contribution in [2.75, 3.05) is 13.2 Å². The largest absolute Gasteiger partial charge is 0.474 e. The number of hydrogen-bond donors (Lipinski definition) is 10. The van der Waals surface area contributed by atoms with Gasteiger partial charge in [0.1, 0.15) is 42.7 Å². The van der Waals surface area contributed by atoms with Crippen molar-refractivity contribution in [3.8, 4) is 0 Å². The minimum Gasteiger partial charge on any atom is -0.394 e. The minimum atomic E-state index is -5.54. The average molecular weight is 438 g/mol. The Labute approximate surface area is 157 Å². The molecule has 0 amide bonds. The number of ether oxygens (including phenoxy) is 3. The van der Waals surface area contributed by atoms with E-state index in [1.54, 1.807) is 0 Å². The minimum absolute atomic E-state index is 0.942. The molecule has 16 heteroatoms. The molecule has 166 valence electrons. The predicted octanol–water partition coefficient (Wildman–Crippen LogP) is -5.96. The standard InChI is InChI=1S/C12H23O15P/c13-1-3-5(15)7(17)10(19)12(25-3,27-28(21,22)23)26-9-4(2-14)24-11(20)8(18)6(9)16/h3-11,13-20H,1-2H2,(H2,21,22,23)/t3-,4-,5+,6-,7+,8-,9-,10-,11-,12+/m1/s1. The predicted molar refractivity (Wildman–Crippen MR) is 80.7 cm³/mol. The molecule has 0 aromatic heterocycles. The number of hydrogen-bond acceptors (Lipinski definition) is 13. The first-order chi connectivity index (χ1) is 12.9. The van der Waals surface area contributed by atoms with Crippen molar-refractivity contribution in [1.29, 1.82) is 0 Å². The van der Waals surface area contributed by atoms with Crippen LogP contribution in [0.3, 0.4) is 0 Å². The second kappa shape index (κ2) is 8.81. The summed E-state index contributed by atoms with van der Waals surface area (Å²) >= 11 is 0. The lowest BCUT2D eigenvalue weighted by atomic mass is 9.96. The zero-order valence-electron chi connectivity index (χ0n) is 14.1. The van der Waals surface area contributed by atoms with Crippen molar-refractivity contribution in [1.82, 2.24) is 0 Å². The molecule has 15 nitrogen and oxygen atoms in total. The van der Waals surface area contributed by atoms with Gasteiger partial charge in [-0.3, -0.25) is 0 Å². The van der Waals surface area contributed by atoms with Crippen LogP contribution in [0.1, 0.15) is 0 Å². The third kappa shape index (κ3) is 4.70. The van der Waals surface area contributed by atoms with Crippen LogP contribution in [0.25, 0.3) is 0 Å². The van der Waals surface area contributed by atoms with Gasteiger partial charge in [-0.15, -0.1) is 0 Å². The summed E-state index contributed by atoms with van der Waals surface area (Å²) in [5, 5.41) is 77.9. The summed E-state index contributed by atoms with van der Waals surface area (Å²) in [4.78, 5) is 18.3. The maximum atomic E-state index is 11.4. The second-order valence-corrected chi connectivity index (χ2v) is 7.43. The van der Waals surface area contributed by atoms with Crippen molar-refractivity contribution >= 4 is 7.82 Å². The lowest BCUT2D eigenvalue weighted by Gasteiger charge is -2.50. The van der Waals surface area contributed by atoms with Crippen LogP contribution in [-0.4, -0.2) is 125 Å². The van der Waals surface area contributed by atoms with E-state index in [1.165, 1.54) is 0 Å². The van der Waals surface area contributed by atoms with Crippen molar-refractivity contribution in [2.45, 2.75) is 61.1 Å². The molecule has 0 aromatic rings. The molecular weight excluding hydrogens is 415 g/mol. The molecule has 0 unspecified atom stereocenters. The van der Waals surface area contributed by atoms with Crippen molar-refractivity contribution in [2.24, 2.45) is 0 Å². The van der Waals surface area contributed by atoms with E-state index in [0.29, 0.717) is 0 Å². The molecule has 2 rings (SSSR count). The van der Waals surface area contributed by atoms with Crippen LogP contribution in [-0.2, 0) is 23.3 Å². The molecule has 10 atom stereocenters. The van der Waals surface area contributed by atoms with Gasteiger partial charge in [-0.1, -0.05) is 0 Å². The van der Waals surface area contributed by atoms with Crippen LogP contribution in [0, 0.1) is 0 Å². The van der Waals surface area contributed by atoms with E-state index in [4.69, 9.17) is 24.0 Å². The monoisotopic (exact) mass is 438 g/mol. The van der Waals surface area contributed by atoms with Crippen molar-refractivity contribution < 1.29 is 73.9 Å². The third-order valence-corrected chi connectivity index (χ3v) is 4.79. The highest BCUT2D eigenvalue weighted by molar-refractivity contribution is 7.46. The first kappa shape index (κ1) is 23.9. The third-order valence-electron chi connectivity index (χ3n) is 4.30. The fraction of sp³-hybridized carbons (Fsp3) is 1.00. The lowest BCUT2D eigenvalue weighted by molar-refractivity contribution is -0.465. The van der Waals surface area contributed by atoms with Gasteiger partial charge in [-0.25, -0.2) is 9.09 Å². The number of rotatable bonds is 6. The van der Waals surface area contributed by atoms with Crippen LogP contribution in [0.4, 0.5) is 0 Å². The van der Waals surface area contributed by atoms with Crippen molar-refractivity contribution in [3.63, 3.8) is 0 Å². The van der Waals surface area contributed by atoms with E-state index in [9.17, 15) is 45.4 Å². The van der Waals surface area contributed by atoms with E-state index < -0.39 is 82.1 Å². The normalized spacial score (nSPS) is 47.9. The maximum absolute atomic E-state index is 11.4. The molecule has 0 aromatic carbocycles. The van der Waals surface area contributed by atoms with E-state index >= 15 is 0 Å². The van der Waals surface area contributed by atoms with Crippen LogP contribution in [0.5, 0.6) is 0 Å². The van der Waals surface area contributed by atoms with Gasteiger partial charge in [0, 0.05) is 0 Å². The van der Waals surface area contributed by atoms with Gasteiger partial charge in [0.25, 0.3) is 0 Å². The summed E-state index contributed by atoms with van der Waals surface area (Å²) < 4.78 is 30.6. The van der Waals surface area contributed by atoms with Crippen LogP contribution >= 0.6 is 7.82 Å². The molecule has 0 spiro atoms. The topological polar surface area (TPSA) is 256 Å². The highest BCUT2D eigenvalue weighted by atomic mass is 31.2. The Bertz CT molecular complexity index is 567. The maximum Gasteiger partial charge on any atom is 0.474 e. The van der Waals surface area contributed by atoms with Crippen molar-refractivity contribution in [3.05, 3.63) is 0 Å². The zero-order valence-corrected chi connectivity index (χ0v) is 15.0. The first-order valence-electron chi connectivity index (χ1n) is 7.94. The Morgan fingerprint density at radius 2 is 1.43 bits per heavy atom. The molecule has 0 radical (unpaired) electrons. The number of aliphatic hydroxyl groups is 8. The average Bonchev–Trinajstić information content (AvgIpc) is 2.62. The quantitative estimate of drug-likeness (QED) is 0.137. The second-order valence-electron chi connectivity index (χ2n) is 6.26. The SMILES string of the molecule is O=P(O)(O)O[C@]1(O[C@H]2[C@H](O)[C@@H](O)[C@H](O)O[C@@H]2CO)O[C@H](CO)[C@H](O)[C@H](O)[C@H]1O. The van der Waals surface area contributed by atoms with E-state index in [2.05, 4.69) is 4.52 Å². The highest BCUT2D eigenvalue weighted by Gasteiger charge is 2.61. The van der Waals surface area contributed by atoms with Gasteiger partial charge in [-0.2, -0.15) is 0 Å². The van der Waals surface area contributed by atoms with Gasteiger partial charge in [0.05, 0.1) is 13.2 Å². The molecule has 2 aliphatic heterocycles. The summed E-state index contributed by atoms with van der Waals surface area (Å²) in [6, 6.07) is 0. The molecule has 0 aliphatic carbocycles. The van der Waals surface area contributed by atoms with Crippen LogP contribution in [0.15, 0.2) is 0 Å². The summed E-state index contributed by atoms with van der Waals surface area (Å²) in [7, 11) is -5.54. The molecule has 2 saturated heterocycles. The highest BCUT2D eigenvalue weighted by Crippen LogP contribution is 2.47. The fourth-order valence-corrected chi connectivity index (χ4v) is 3.40. The van der Waals surface area contributed by atoms with Gasteiger partial charge in [0.15, 0.2) is 12.4 Å². The van der Waals surface area contributed by atoms with E-state index in [-0.39, 0.29) is 0 Å². The Hall–Kier alpha value is -0.330. The molecule has 28 heavy (non-hydrogen) atoms. The molecule has 0 saturated carbocycles. The Balaban J connectivity index is 2.43. The molecular formula is C12H23O15P. The summed E-state index contributed by atoms with van der Waals surface area (Å²) in [5.74, 6) is -3.28. The van der Waals surface area contributed by atoms with E-state index in [1.807, 2.05) is 0 Å². The Morgan fingerprint density at radius 3 is 1.93 bits per heavy atom. The van der Waals surface area contributed by atoms with Crippen LogP contribution in [0.2, 0.25) is 0 Å². The number of aliphatic hydroxyl groups excluding tert-OH is 8. The number of phosphoric acid groups is 1. The summed E-state index contributed by atoms with van der Waals surface area (Å²) in [5.41, 5.74) is 0.